The van der Waals surface area contributed by atoms with E-state index in [0.29, 0.717) is 25.7 Å². The van der Waals surface area contributed by atoms with Crippen LogP contribution in [0.25, 0.3) is 11.3 Å². The summed E-state index contributed by atoms with van der Waals surface area (Å²) in [7, 11) is 0. The number of phenolic OH excluding ortho intramolecular Hbond substituents is 1. The highest BCUT2D eigenvalue weighted by molar-refractivity contribution is 9.11. The highest BCUT2D eigenvalue weighted by atomic mass is 79.9. The fraction of sp³-hybridized carbons (Fsp3) is 0.250. The third kappa shape index (κ3) is 4.36. The van der Waals surface area contributed by atoms with E-state index < -0.39 is 6.23 Å². The van der Waals surface area contributed by atoms with Crippen LogP contribution in [0.2, 0.25) is 0 Å². The highest BCUT2D eigenvalue weighted by Gasteiger charge is 2.27. The molecule has 9 heteroatoms. The molecule has 0 aliphatic carbocycles. The van der Waals surface area contributed by atoms with Gasteiger partial charge in [-0.25, -0.2) is 0 Å². The first-order valence-electron chi connectivity index (χ1n) is 9.15. The van der Waals surface area contributed by atoms with Crippen LogP contribution in [0.3, 0.4) is 0 Å². The normalized spacial score (nSPS) is 14.9. The summed E-state index contributed by atoms with van der Waals surface area (Å²) < 4.78 is 7.40. The number of ether oxygens (including phenoxy) is 1. The fourth-order valence-corrected chi connectivity index (χ4v) is 4.99. The average molecular weight is 538 g/mol. The smallest absolute Gasteiger partial charge is 0.247 e. The van der Waals surface area contributed by atoms with Crippen molar-refractivity contribution in [2.75, 3.05) is 11.1 Å². The van der Waals surface area contributed by atoms with Gasteiger partial charge in [-0.3, -0.25) is 0 Å². The first kappa shape index (κ1) is 20.4. The van der Waals surface area contributed by atoms with Gasteiger partial charge in [0.05, 0.1) is 8.95 Å². The molecule has 2 N–H and O–H groups in total. The van der Waals surface area contributed by atoms with E-state index in [2.05, 4.69) is 59.3 Å². The lowest BCUT2D eigenvalue weighted by Crippen LogP contribution is -2.17. The summed E-state index contributed by atoms with van der Waals surface area (Å²) in [5.41, 5.74) is 3.18. The number of hydrogen-bond donors (Lipinski definition) is 2. The van der Waals surface area contributed by atoms with Crippen molar-refractivity contribution < 1.29 is 9.84 Å². The minimum absolute atomic E-state index is 0.141. The van der Waals surface area contributed by atoms with Gasteiger partial charge < -0.3 is 15.2 Å². The number of nitrogens with one attached hydrogen (secondary N) is 1. The number of aromatic hydroxyl groups is 1. The molecular weight excluding hydrogens is 520 g/mol. The van der Waals surface area contributed by atoms with E-state index in [9.17, 15) is 5.11 Å². The minimum atomic E-state index is -0.518. The van der Waals surface area contributed by atoms with Crippen molar-refractivity contribution in [3.63, 3.8) is 0 Å². The van der Waals surface area contributed by atoms with Crippen molar-refractivity contribution in [1.82, 2.24) is 15.2 Å². The van der Waals surface area contributed by atoms with Crippen LogP contribution in [0, 0.1) is 0 Å². The Morgan fingerprint density at radius 2 is 1.93 bits per heavy atom. The van der Waals surface area contributed by atoms with Crippen LogP contribution < -0.4 is 10.1 Å². The van der Waals surface area contributed by atoms with Gasteiger partial charge in [-0.05, 0) is 56.5 Å². The Labute approximate surface area is 189 Å². The maximum absolute atomic E-state index is 10.1. The van der Waals surface area contributed by atoms with Crippen molar-refractivity contribution in [2.45, 2.75) is 31.1 Å². The van der Waals surface area contributed by atoms with Crippen LogP contribution in [0.4, 0.5) is 5.69 Å². The molecule has 150 valence electrons. The molecule has 4 rings (SSSR count). The number of para-hydroxylation sites is 1. The lowest BCUT2D eigenvalue weighted by Gasteiger charge is -2.20. The zero-order valence-electron chi connectivity index (χ0n) is 15.5. The van der Waals surface area contributed by atoms with E-state index in [4.69, 9.17) is 4.74 Å². The molecule has 0 fully saturated rings. The first-order valence-corrected chi connectivity index (χ1v) is 11.7. The number of thioether (sulfide) groups is 1. The Kier molecular flexibility index (Phi) is 6.26. The van der Waals surface area contributed by atoms with Gasteiger partial charge in [0, 0.05) is 22.6 Å². The molecule has 0 amide bonds. The maximum atomic E-state index is 10.1. The van der Waals surface area contributed by atoms with E-state index in [1.807, 2.05) is 36.4 Å². The predicted molar refractivity (Wildman–Crippen MR) is 121 cm³/mol. The molecule has 0 bridgehead atoms. The molecule has 1 aromatic heterocycles. The Morgan fingerprint density at radius 3 is 2.69 bits per heavy atom. The number of unbranched alkanes of at least 4 members (excludes halogenated alkanes) is 1. The van der Waals surface area contributed by atoms with Crippen molar-refractivity contribution in [3.05, 3.63) is 50.9 Å². The summed E-state index contributed by atoms with van der Waals surface area (Å²) in [6.07, 6.45) is 1.69. The second-order valence-electron chi connectivity index (χ2n) is 6.47. The predicted octanol–water partition coefficient (Wildman–Crippen LogP) is 6.16. The molecule has 1 aliphatic heterocycles. The van der Waals surface area contributed by atoms with E-state index >= 15 is 0 Å². The Morgan fingerprint density at radius 1 is 1.17 bits per heavy atom. The van der Waals surface area contributed by atoms with Gasteiger partial charge in [-0.1, -0.05) is 43.3 Å². The van der Waals surface area contributed by atoms with Crippen molar-refractivity contribution in [2.24, 2.45) is 0 Å². The molecule has 2 heterocycles. The SMILES string of the molecule is CCCCSc1nnc2c(n1)O[C@H](c1cc(Br)c(O)c(Br)c1)Nc1ccccc1-2. The summed E-state index contributed by atoms with van der Waals surface area (Å²) in [6.45, 7) is 2.15. The summed E-state index contributed by atoms with van der Waals surface area (Å²) >= 11 is 8.35. The molecule has 2 aromatic carbocycles. The summed E-state index contributed by atoms with van der Waals surface area (Å²) in [4.78, 5) is 4.64. The molecular formula is C20H18Br2N4O2S. The van der Waals surface area contributed by atoms with Gasteiger partial charge in [0.1, 0.15) is 5.75 Å². The molecule has 0 saturated carbocycles. The van der Waals surface area contributed by atoms with Gasteiger partial charge >= 0.3 is 0 Å². The van der Waals surface area contributed by atoms with Gasteiger partial charge in [0.25, 0.3) is 0 Å². The van der Waals surface area contributed by atoms with Crippen LogP contribution in [0.15, 0.2) is 50.5 Å². The van der Waals surface area contributed by atoms with Gasteiger partial charge in [0.15, 0.2) is 11.9 Å². The quantitative estimate of drug-likeness (QED) is 0.298. The number of nitrogens with zero attached hydrogens (tertiary/aromatic N) is 3. The number of fused-ring (bicyclic) bond motifs is 3. The van der Waals surface area contributed by atoms with Crippen LogP contribution in [-0.2, 0) is 0 Å². The fourth-order valence-electron chi connectivity index (χ4n) is 2.90. The molecule has 0 unspecified atom stereocenters. The minimum Gasteiger partial charge on any atom is -0.506 e. The standard InChI is InChI=1S/C20H18Br2N4O2S/c1-2-3-8-29-20-24-19-16(25-26-20)12-6-4-5-7-15(12)23-18(28-19)11-9-13(21)17(27)14(22)10-11/h4-7,9-10,18,23,27H,2-3,8H2,1H3/t18-/m1/s1. The Bertz CT molecular complexity index is 1030. The number of phenols is 1. The molecule has 1 atom stereocenters. The molecule has 0 spiro atoms. The first-order chi connectivity index (χ1) is 14.1. The summed E-state index contributed by atoms with van der Waals surface area (Å²) in [5.74, 6) is 1.51. The van der Waals surface area contributed by atoms with Crippen molar-refractivity contribution >= 4 is 49.3 Å². The second-order valence-corrected chi connectivity index (χ2v) is 9.24. The molecule has 6 nitrogen and oxygen atoms in total. The number of aromatic nitrogens is 3. The van der Waals surface area contributed by atoms with Crippen LogP contribution >= 0.6 is 43.6 Å². The molecule has 29 heavy (non-hydrogen) atoms. The molecule has 3 aromatic rings. The van der Waals surface area contributed by atoms with Gasteiger partial charge in [-0.15, -0.1) is 10.2 Å². The number of rotatable bonds is 5. The third-order valence-corrected chi connectivity index (χ3v) is 6.54. The molecule has 0 saturated heterocycles. The van der Waals surface area contributed by atoms with E-state index in [-0.39, 0.29) is 5.75 Å². The lowest BCUT2D eigenvalue weighted by molar-refractivity contribution is 0.225. The largest absolute Gasteiger partial charge is 0.506 e. The van der Waals surface area contributed by atoms with Crippen LogP contribution in [-0.4, -0.2) is 26.0 Å². The Balaban J connectivity index is 1.76. The van der Waals surface area contributed by atoms with Crippen molar-refractivity contribution in [3.8, 4) is 22.9 Å². The summed E-state index contributed by atoms with van der Waals surface area (Å²) in [5, 5.41) is 22.8. The monoisotopic (exact) mass is 536 g/mol. The average Bonchev–Trinajstić information content (AvgIpc) is 2.88. The number of hydrogen-bond acceptors (Lipinski definition) is 7. The zero-order chi connectivity index (χ0) is 20.4. The highest BCUT2D eigenvalue weighted by Crippen LogP contribution is 2.41. The van der Waals surface area contributed by atoms with E-state index in [1.165, 1.54) is 0 Å². The lowest BCUT2D eigenvalue weighted by atomic mass is 10.1. The number of benzene rings is 2. The maximum Gasteiger partial charge on any atom is 0.247 e. The van der Waals surface area contributed by atoms with E-state index in [0.717, 1.165) is 35.4 Å². The topological polar surface area (TPSA) is 80.2 Å². The van der Waals surface area contributed by atoms with Crippen LogP contribution in [0.1, 0.15) is 31.6 Å². The van der Waals surface area contributed by atoms with Crippen molar-refractivity contribution in [1.29, 1.82) is 0 Å². The van der Waals surface area contributed by atoms with Gasteiger partial charge in [-0.2, -0.15) is 4.98 Å². The molecule has 1 aliphatic rings. The van der Waals surface area contributed by atoms with Crippen LogP contribution in [0.5, 0.6) is 11.6 Å². The van der Waals surface area contributed by atoms with Gasteiger partial charge in [0.2, 0.25) is 11.0 Å². The Hall–Kier alpha value is -1.84. The number of anilines is 1. The molecule has 0 radical (unpaired) electrons. The number of halogens is 2. The second kappa shape index (κ2) is 8.89. The van der Waals surface area contributed by atoms with E-state index in [1.54, 1.807) is 11.8 Å². The summed E-state index contributed by atoms with van der Waals surface area (Å²) in [6, 6.07) is 11.5. The third-order valence-electron chi connectivity index (χ3n) is 4.40. The zero-order valence-corrected chi connectivity index (χ0v) is 19.5.